The molecule has 0 aliphatic rings. The van der Waals surface area contributed by atoms with Crippen molar-refractivity contribution in [3.05, 3.63) is 50.1 Å². The molecule has 2 nitrogen and oxygen atoms in total. The highest BCUT2D eigenvalue weighted by atomic mass is 35.5. The van der Waals surface area contributed by atoms with Gasteiger partial charge in [0, 0.05) is 0 Å². The van der Waals surface area contributed by atoms with E-state index in [0.717, 1.165) is 23.5 Å². The largest absolute Gasteiger partial charge is 0.479 e. The molecule has 0 fully saturated rings. The molecule has 1 heterocycles. The summed E-state index contributed by atoms with van der Waals surface area (Å²) in [5.74, 6) is -2.84. The van der Waals surface area contributed by atoms with Crippen LogP contribution in [0.4, 0.5) is 8.78 Å². The van der Waals surface area contributed by atoms with Crippen molar-refractivity contribution < 1.29 is 18.3 Å². The summed E-state index contributed by atoms with van der Waals surface area (Å²) in [6.07, 6.45) is 0. The Kier molecular flexibility index (Phi) is 4.39. The molecule has 0 spiro atoms. The highest BCUT2D eigenvalue weighted by Crippen LogP contribution is 2.31. The van der Waals surface area contributed by atoms with Crippen LogP contribution in [0.3, 0.4) is 0 Å². The Morgan fingerprint density at radius 1 is 1.26 bits per heavy atom. The van der Waals surface area contributed by atoms with Crippen LogP contribution in [-0.2, 0) is 0 Å². The molecule has 19 heavy (non-hydrogen) atoms. The number of thiophene rings is 1. The van der Waals surface area contributed by atoms with Crippen molar-refractivity contribution in [3.8, 4) is 5.75 Å². The summed E-state index contributed by atoms with van der Waals surface area (Å²) in [5, 5.41) is 0. The number of halogens is 4. The van der Waals surface area contributed by atoms with Crippen molar-refractivity contribution in [1.82, 2.24) is 0 Å². The van der Waals surface area contributed by atoms with Crippen LogP contribution >= 0.6 is 34.5 Å². The van der Waals surface area contributed by atoms with Crippen LogP contribution in [0.25, 0.3) is 0 Å². The molecule has 7 heteroatoms. The summed E-state index contributed by atoms with van der Waals surface area (Å²) in [6, 6.07) is 4.67. The summed E-state index contributed by atoms with van der Waals surface area (Å²) < 4.78 is 31.9. The van der Waals surface area contributed by atoms with Gasteiger partial charge in [-0.25, -0.2) is 8.78 Å². The molecule has 0 aliphatic carbocycles. The Hall–Kier alpha value is -1.17. The highest BCUT2D eigenvalue weighted by Gasteiger charge is 2.17. The summed E-state index contributed by atoms with van der Waals surface area (Å²) >= 11 is 12.5. The number of hydrogen-bond acceptors (Lipinski definition) is 3. The SMILES string of the molecule is O=C(COc1c(F)cccc1F)c1cc(Cl)sc1Cl. The third-order valence-electron chi connectivity index (χ3n) is 2.22. The predicted molar refractivity (Wildman–Crippen MR) is 70.5 cm³/mol. The van der Waals surface area contributed by atoms with E-state index in [1.54, 1.807) is 0 Å². The molecule has 0 saturated heterocycles. The fraction of sp³-hybridized carbons (Fsp3) is 0.0833. The normalized spacial score (nSPS) is 10.5. The van der Waals surface area contributed by atoms with Gasteiger partial charge in [0.05, 0.1) is 9.90 Å². The topological polar surface area (TPSA) is 26.3 Å². The first-order valence-corrected chi connectivity index (χ1v) is 6.61. The predicted octanol–water partition coefficient (Wildman–Crippen LogP) is 4.59. The maximum atomic E-state index is 13.3. The zero-order chi connectivity index (χ0) is 14.0. The van der Waals surface area contributed by atoms with Crippen LogP contribution in [-0.4, -0.2) is 12.4 Å². The van der Waals surface area contributed by atoms with Crippen LogP contribution in [0.2, 0.25) is 8.67 Å². The van der Waals surface area contributed by atoms with Gasteiger partial charge in [0.15, 0.2) is 24.0 Å². The number of Topliss-reactive ketones (excluding diaryl/α,β-unsaturated/α-hetero) is 1. The molecular formula is C12H6Cl2F2O2S. The van der Waals surface area contributed by atoms with Gasteiger partial charge in [-0.3, -0.25) is 4.79 Å². The lowest BCUT2D eigenvalue weighted by Crippen LogP contribution is -2.12. The second-order valence-corrected chi connectivity index (χ2v) is 5.79. The Bertz CT molecular complexity index is 608. The van der Waals surface area contributed by atoms with Crippen molar-refractivity contribution in [2.24, 2.45) is 0 Å². The third-order valence-corrected chi connectivity index (χ3v) is 3.71. The number of para-hydroxylation sites is 1. The van der Waals surface area contributed by atoms with E-state index in [-0.39, 0.29) is 9.90 Å². The lowest BCUT2D eigenvalue weighted by atomic mass is 10.2. The number of carbonyl (C=O) groups is 1. The van der Waals surface area contributed by atoms with Crippen LogP contribution in [0.15, 0.2) is 24.3 Å². The lowest BCUT2D eigenvalue weighted by molar-refractivity contribution is 0.0916. The Morgan fingerprint density at radius 2 is 1.89 bits per heavy atom. The average Bonchev–Trinajstić information content (AvgIpc) is 2.67. The fourth-order valence-electron chi connectivity index (χ4n) is 1.37. The number of rotatable bonds is 4. The molecule has 0 amide bonds. The van der Waals surface area contributed by atoms with E-state index >= 15 is 0 Å². The summed E-state index contributed by atoms with van der Waals surface area (Å²) in [4.78, 5) is 11.8. The van der Waals surface area contributed by atoms with Crippen LogP contribution in [0, 0.1) is 11.6 Å². The maximum absolute atomic E-state index is 13.3. The third kappa shape index (κ3) is 3.23. The van der Waals surface area contributed by atoms with Crippen LogP contribution in [0.1, 0.15) is 10.4 Å². The van der Waals surface area contributed by atoms with E-state index in [0.29, 0.717) is 4.34 Å². The molecule has 0 N–H and O–H groups in total. The molecule has 0 atom stereocenters. The first-order valence-electron chi connectivity index (χ1n) is 5.04. The van der Waals surface area contributed by atoms with Gasteiger partial charge in [-0.2, -0.15) is 0 Å². The average molecular weight is 323 g/mol. The lowest BCUT2D eigenvalue weighted by Gasteiger charge is -2.06. The first kappa shape index (κ1) is 14.2. The van der Waals surface area contributed by atoms with E-state index in [4.69, 9.17) is 27.9 Å². The monoisotopic (exact) mass is 322 g/mol. The minimum absolute atomic E-state index is 0.174. The van der Waals surface area contributed by atoms with Gasteiger partial charge in [0.2, 0.25) is 5.78 Å². The Labute approximate surface area is 121 Å². The van der Waals surface area contributed by atoms with E-state index in [9.17, 15) is 13.6 Å². The van der Waals surface area contributed by atoms with Gasteiger partial charge in [-0.1, -0.05) is 29.3 Å². The smallest absolute Gasteiger partial charge is 0.202 e. The van der Waals surface area contributed by atoms with Crippen molar-refractivity contribution in [3.63, 3.8) is 0 Å². The van der Waals surface area contributed by atoms with E-state index in [2.05, 4.69) is 0 Å². The van der Waals surface area contributed by atoms with E-state index in [1.807, 2.05) is 0 Å². The summed E-state index contributed by atoms with van der Waals surface area (Å²) in [5.41, 5.74) is 0.174. The van der Waals surface area contributed by atoms with Crippen LogP contribution < -0.4 is 4.74 Å². The number of hydrogen-bond donors (Lipinski definition) is 0. The van der Waals surface area contributed by atoms with Crippen molar-refractivity contribution >= 4 is 40.3 Å². The van der Waals surface area contributed by atoms with Crippen LogP contribution in [0.5, 0.6) is 5.75 Å². The molecular weight excluding hydrogens is 317 g/mol. The quantitative estimate of drug-likeness (QED) is 0.769. The van der Waals surface area contributed by atoms with Gasteiger partial charge in [0.25, 0.3) is 0 Å². The van der Waals surface area contributed by atoms with Gasteiger partial charge >= 0.3 is 0 Å². The second kappa shape index (κ2) is 5.86. The number of ether oxygens (including phenoxy) is 1. The molecule has 0 aliphatic heterocycles. The zero-order valence-electron chi connectivity index (χ0n) is 9.25. The molecule has 2 aromatic rings. The number of carbonyl (C=O) groups excluding carboxylic acids is 1. The van der Waals surface area contributed by atoms with Gasteiger partial charge in [-0.05, 0) is 18.2 Å². The number of ketones is 1. The first-order chi connectivity index (χ1) is 8.99. The molecule has 0 saturated carbocycles. The molecule has 0 radical (unpaired) electrons. The molecule has 0 bridgehead atoms. The standard InChI is InChI=1S/C12H6Cl2F2O2S/c13-10-4-6(12(14)19-10)9(17)5-18-11-7(15)2-1-3-8(11)16/h1-4H,5H2. The minimum Gasteiger partial charge on any atom is -0.479 e. The number of benzene rings is 1. The maximum Gasteiger partial charge on any atom is 0.202 e. The van der Waals surface area contributed by atoms with E-state index < -0.39 is 29.8 Å². The van der Waals surface area contributed by atoms with Crippen molar-refractivity contribution in [2.75, 3.05) is 6.61 Å². The highest BCUT2D eigenvalue weighted by molar-refractivity contribution is 7.20. The fourth-order valence-corrected chi connectivity index (χ4v) is 2.87. The zero-order valence-corrected chi connectivity index (χ0v) is 11.6. The van der Waals surface area contributed by atoms with Gasteiger partial charge < -0.3 is 4.74 Å². The van der Waals surface area contributed by atoms with E-state index in [1.165, 1.54) is 12.1 Å². The summed E-state index contributed by atoms with van der Waals surface area (Å²) in [6.45, 7) is -0.523. The molecule has 2 rings (SSSR count). The van der Waals surface area contributed by atoms with Crippen molar-refractivity contribution in [1.29, 1.82) is 0 Å². The molecule has 1 aromatic heterocycles. The Balaban J connectivity index is 2.11. The molecule has 100 valence electrons. The Morgan fingerprint density at radius 3 is 2.42 bits per heavy atom. The minimum atomic E-state index is -0.873. The second-order valence-electron chi connectivity index (χ2n) is 3.50. The summed E-state index contributed by atoms with van der Waals surface area (Å²) in [7, 11) is 0. The molecule has 1 aromatic carbocycles. The molecule has 0 unspecified atom stereocenters. The van der Waals surface area contributed by atoms with Gasteiger partial charge in [0.1, 0.15) is 4.34 Å². The van der Waals surface area contributed by atoms with Gasteiger partial charge in [-0.15, -0.1) is 11.3 Å². The van der Waals surface area contributed by atoms with Crippen molar-refractivity contribution in [2.45, 2.75) is 0 Å².